The first kappa shape index (κ1) is 29.0. The highest BCUT2D eigenvalue weighted by Crippen LogP contribution is 2.40. The van der Waals surface area contributed by atoms with Crippen LogP contribution in [0.4, 0.5) is 0 Å². The van der Waals surface area contributed by atoms with E-state index in [2.05, 4.69) is 26.3 Å². The number of ether oxygens (including phenoxy) is 2. The topological polar surface area (TPSA) is 113 Å². The molecule has 10 heteroatoms. The predicted octanol–water partition coefficient (Wildman–Crippen LogP) is 6.10. The summed E-state index contributed by atoms with van der Waals surface area (Å²) in [7, 11) is 3.67. The number of imidazole rings is 1. The fraction of sp³-hybridized carbons (Fsp3) is 0.444. The van der Waals surface area contributed by atoms with E-state index in [9.17, 15) is 4.79 Å². The zero-order valence-corrected chi connectivity index (χ0v) is 26.6. The van der Waals surface area contributed by atoms with Crippen LogP contribution in [0.15, 0.2) is 48.7 Å². The predicted molar refractivity (Wildman–Crippen MR) is 178 cm³/mol. The molecule has 238 valence electrons. The summed E-state index contributed by atoms with van der Waals surface area (Å²) in [5, 5.41) is 1.05. The summed E-state index contributed by atoms with van der Waals surface area (Å²) >= 11 is 0. The number of hydrogen-bond donors (Lipinski definition) is 1. The van der Waals surface area contributed by atoms with E-state index in [1.807, 2.05) is 42.3 Å². The van der Waals surface area contributed by atoms with E-state index in [1.54, 1.807) is 13.3 Å². The lowest BCUT2D eigenvalue weighted by molar-refractivity contribution is 0.0726. The van der Waals surface area contributed by atoms with Crippen molar-refractivity contribution in [2.45, 2.75) is 82.5 Å². The van der Waals surface area contributed by atoms with Crippen LogP contribution in [0, 0.1) is 0 Å². The number of nitrogens with zero attached hydrogens (tertiary/aromatic N) is 6. The van der Waals surface area contributed by atoms with E-state index in [4.69, 9.17) is 25.2 Å². The number of methoxy groups -OCH3 is 1. The van der Waals surface area contributed by atoms with Gasteiger partial charge in [-0.05, 0) is 74.6 Å². The average molecular weight is 620 g/mol. The summed E-state index contributed by atoms with van der Waals surface area (Å²) in [4.78, 5) is 30.8. The first-order chi connectivity index (χ1) is 22.5. The third kappa shape index (κ3) is 4.81. The van der Waals surface area contributed by atoms with Crippen molar-refractivity contribution in [2.75, 3.05) is 13.7 Å². The Kier molecular flexibility index (Phi) is 7.39. The Balaban J connectivity index is 1.24. The van der Waals surface area contributed by atoms with Gasteiger partial charge in [0.05, 0.1) is 36.2 Å². The number of hydrogen-bond acceptors (Lipinski definition) is 7. The molecule has 0 unspecified atom stereocenters. The largest absolute Gasteiger partial charge is 0.494 e. The van der Waals surface area contributed by atoms with Crippen molar-refractivity contribution in [3.05, 3.63) is 54.2 Å². The molecule has 8 rings (SSSR count). The third-order valence-corrected chi connectivity index (χ3v) is 10.3. The molecule has 0 saturated carbocycles. The van der Waals surface area contributed by atoms with Gasteiger partial charge in [-0.1, -0.05) is 25.7 Å². The van der Waals surface area contributed by atoms with Crippen LogP contribution in [-0.4, -0.2) is 66.7 Å². The van der Waals surface area contributed by atoms with Crippen LogP contribution >= 0.6 is 0 Å². The van der Waals surface area contributed by atoms with E-state index >= 15 is 0 Å². The van der Waals surface area contributed by atoms with Gasteiger partial charge in [0.25, 0.3) is 5.91 Å². The molecule has 1 aromatic carbocycles. The summed E-state index contributed by atoms with van der Waals surface area (Å²) in [6, 6.07) is 14.5. The summed E-state index contributed by atoms with van der Waals surface area (Å²) < 4.78 is 16.4. The zero-order chi connectivity index (χ0) is 31.4. The summed E-state index contributed by atoms with van der Waals surface area (Å²) in [5.74, 6) is 2.08. The molecule has 1 amide bonds. The van der Waals surface area contributed by atoms with Crippen molar-refractivity contribution in [1.82, 2.24) is 29.0 Å². The average Bonchev–Trinajstić information content (AvgIpc) is 3.82. The van der Waals surface area contributed by atoms with Gasteiger partial charge in [-0.3, -0.25) is 4.79 Å². The lowest BCUT2D eigenvalue weighted by Crippen LogP contribution is -2.40. The van der Waals surface area contributed by atoms with Gasteiger partial charge < -0.3 is 29.2 Å². The number of amides is 1. The summed E-state index contributed by atoms with van der Waals surface area (Å²) in [6.45, 7) is 1.48. The molecular weight excluding hydrogens is 578 g/mol. The Morgan fingerprint density at radius 1 is 1.02 bits per heavy atom. The molecule has 2 fully saturated rings. The standard InChI is InChI=1S/C36H41N7O3/c1-41-32-28(18-23(20-31(32)45-2)36(44)43-24-12-14-29(43)26(37)21-24)40-34(41)30-19-22-11-13-27-25-10-9-15-38-35(25)46-17-8-6-4-3-5-7-16-42(30)33(22)39-27/h9-11,13,15,18-20,24,26,29H,3-8,12,14,16-17,21,37H2,1-2H3/t24-,26+,29+/m0/s1. The van der Waals surface area contributed by atoms with Gasteiger partial charge in [0.1, 0.15) is 16.9 Å². The molecule has 3 aliphatic heterocycles. The second kappa shape index (κ2) is 11.7. The van der Waals surface area contributed by atoms with Gasteiger partial charge in [0, 0.05) is 48.9 Å². The van der Waals surface area contributed by atoms with Gasteiger partial charge in [-0.25, -0.2) is 15.0 Å². The molecule has 5 aromatic rings. The third-order valence-electron chi connectivity index (χ3n) is 10.3. The Labute approximate surface area is 268 Å². The van der Waals surface area contributed by atoms with Crippen molar-refractivity contribution in [3.8, 4) is 34.4 Å². The van der Waals surface area contributed by atoms with Gasteiger partial charge in [-0.2, -0.15) is 0 Å². The molecule has 10 nitrogen and oxygen atoms in total. The monoisotopic (exact) mass is 619 g/mol. The van der Waals surface area contributed by atoms with Crippen LogP contribution in [0.1, 0.15) is 68.1 Å². The Hall–Kier alpha value is -4.44. The lowest BCUT2D eigenvalue weighted by atomic mass is 9.97. The minimum Gasteiger partial charge on any atom is -0.494 e. The maximum absolute atomic E-state index is 13.8. The van der Waals surface area contributed by atoms with E-state index in [-0.39, 0.29) is 24.0 Å². The van der Waals surface area contributed by atoms with E-state index < -0.39 is 0 Å². The molecule has 0 aliphatic carbocycles. The van der Waals surface area contributed by atoms with Crippen molar-refractivity contribution in [2.24, 2.45) is 12.8 Å². The quantitative estimate of drug-likeness (QED) is 0.260. The number of aromatic nitrogens is 5. The van der Waals surface area contributed by atoms with Crippen molar-refractivity contribution >= 4 is 28.0 Å². The Morgan fingerprint density at radius 2 is 1.87 bits per heavy atom. The van der Waals surface area contributed by atoms with E-state index in [0.29, 0.717) is 23.8 Å². The maximum Gasteiger partial charge on any atom is 0.254 e. The second-order valence-corrected chi connectivity index (χ2v) is 13.1. The molecule has 7 heterocycles. The lowest BCUT2D eigenvalue weighted by Gasteiger charge is -2.23. The minimum atomic E-state index is 0.0152. The zero-order valence-electron chi connectivity index (χ0n) is 26.6. The summed E-state index contributed by atoms with van der Waals surface area (Å²) in [5.41, 5.74) is 12.2. The molecule has 0 radical (unpaired) electrons. The highest BCUT2D eigenvalue weighted by Gasteiger charge is 2.47. The molecule has 4 bridgehead atoms. The van der Waals surface area contributed by atoms with Gasteiger partial charge >= 0.3 is 0 Å². The highest BCUT2D eigenvalue weighted by molar-refractivity contribution is 6.01. The van der Waals surface area contributed by atoms with Gasteiger partial charge in [0.2, 0.25) is 5.88 Å². The van der Waals surface area contributed by atoms with Crippen LogP contribution in [0.5, 0.6) is 11.6 Å². The fourth-order valence-corrected chi connectivity index (χ4v) is 7.96. The molecule has 0 spiro atoms. The van der Waals surface area contributed by atoms with Crippen molar-refractivity contribution in [1.29, 1.82) is 0 Å². The first-order valence-corrected chi connectivity index (χ1v) is 16.7. The normalized spacial score (nSPS) is 21.7. The van der Waals surface area contributed by atoms with E-state index in [1.165, 1.54) is 12.8 Å². The van der Waals surface area contributed by atoms with Crippen molar-refractivity contribution in [3.63, 3.8) is 0 Å². The highest BCUT2D eigenvalue weighted by atomic mass is 16.5. The number of pyridine rings is 2. The molecule has 3 atom stereocenters. The molecule has 46 heavy (non-hydrogen) atoms. The van der Waals surface area contributed by atoms with Gasteiger partial charge in [0.15, 0.2) is 5.82 Å². The first-order valence-electron chi connectivity index (χ1n) is 16.7. The molecule has 2 saturated heterocycles. The minimum absolute atomic E-state index is 0.0152. The Morgan fingerprint density at radius 3 is 2.67 bits per heavy atom. The fourth-order valence-electron chi connectivity index (χ4n) is 7.96. The number of rotatable bonds is 3. The number of carbonyl (C=O) groups excluding carboxylic acids is 1. The smallest absolute Gasteiger partial charge is 0.254 e. The summed E-state index contributed by atoms with van der Waals surface area (Å²) in [6.07, 6.45) is 11.4. The van der Waals surface area contributed by atoms with Crippen LogP contribution in [0.2, 0.25) is 0 Å². The van der Waals surface area contributed by atoms with Gasteiger partial charge in [-0.15, -0.1) is 0 Å². The number of aryl methyl sites for hydroxylation is 2. The SMILES string of the molecule is COc1cc(C(=O)N2[C@H]3CC[C@@H]2[C@H](N)C3)cc2nc(-c3cc4ccc5nc4n3CCCCCCCCOc3ncccc3-5)n(C)c12. The molecule has 2 N–H and O–H groups in total. The number of fused-ring (bicyclic) bond motifs is 6. The van der Waals surface area contributed by atoms with E-state index in [0.717, 1.165) is 96.3 Å². The van der Waals surface area contributed by atoms with Crippen LogP contribution < -0.4 is 15.2 Å². The number of carbonyl (C=O) groups is 1. The Bertz CT molecular complexity index is 1950. The van der Waals surface area contributed by atoms with Crippen LogP contribution in [0.3, 0.4) is 0 Å². The molecular formula is C36H41N7O3. The second-order valence-electron chi connectivity index (χ2n) is 13.1. The molecule has 3 aliphatic rings. The number of nitrogens with two attached hydrogens (primary N) is 1. The molecule has 4 aromatic heterocycles. The van der Waals surface area contributed by atoms with Crippen molar-refractivity contribution < 1.29 is 14.3 Å². The maximum atomic E-state index is 13.8. The number of benzene rings is 1. The van der Waals surface area contributed by atoms with Crippen LogP contribution in [-0.2, 0) is 13.6 Å². The van der Waals surface area contributed by atoms with Crippen LogP contribution in [0.25, 0.3) is 44.8 Å².